The third-order valence-corrected chi connectivity index (χ3v) is 2.06. The molecule has 1 heterocycles. The van der Waals surface area contributed by atoms with Gasteiger partial charge in [-0.2, -0.15) is 0 Å². The Morgan fingerprint density at radius 3 is 2.59 bits per heavy atom. The van der Waals surface area contributed by atoms with Crippen molar-refractivity contribution in [2.24, 2.45) is 0 Å². The Hall–Kier alpha value is -1.65. The molecule has 0 unspecified atom stereocenters. The number of aryl methyl sites for hydroxylation is 1. The van der Waals surface area contributed by atoms with Gasteiger partial charge in [0, 0.05) is 25.1 Å². The largest absolute Gasteiger partial charge is 0.369 e. The number of hydrogen-bond acceptors (Lipinski definition) is 5. The van der Waals surface area contributed by atoms with E-state index in [1.165, 1.54) is 0 Å². The maximum atomic E-state index is 10.8. The number of rotatable bonds is 6. The first-order chi connectivity index (χ1) is 7.97. The molecule has 0 aromatic carbocycles. The first-order valence-electron chi connectivity index (χ1n) is 5.83. The van der Waals surface area contributed by atoms with E-state index in [0.717, 1.165) is 11.6 Å². The summed E-state index contributed by atoms with van der Waals surface area (Å²) < 4.78 is 0. The minimum Gasteiger partial charge on any atom is -0.369 e. The Morgan fingerprint density at radius 2 is 2.00 bits per heavy atom. The van der Waals surface area contributed by atoms with Gasteiger partial charge >= 0.3 is 0 Å². The second-order valence-electron chi connectivity index (χ2n) is 4.36. The Morgan fingerprint density at radius 1 is 1.35 bits per heavy atom. The Balaban J connectivity index is 2.65. The van der Waals surface area contributed by atoms with Crippen LogP contribution in [0.2, 0.25) is 0 Å². The van der Waals surface area contributed by atoms with Crippen LogP contribution in [0.4, 0.5) is 11.6 Å². The average molecular weight is 236 g/mol. The van der Waals surface area contributed by atoms with Gasteiger partial charge in [0.15, 0.2) is 0 Å². The zero-order valence-corrected chi connectivity index (χ0v) is 10.9. The monoisotopic (exact) mass is 236 g/mol. The van der Waals surface area contributed by atoms with E-state index < -0.39 is 0 Å². The average Bonchev–Trinajstić information content (AvgIpc) is 2.14. The molecular weight excluding hydrogens is 216 g/mol. The maximum absolute atomic E-state index is 10.8. The van der Waals surface area contributed by atoms with E-state index in [0.29, 0.717) is 24.8 Å². The first-order valence-corrected chi connectivity index (χ1v) is 5.83. The molecule has 1 aromatic heterocycles. The number of carbonyl (C=O) groups excluding carboxylic acids is 1. The summed E-state index contributed by atoms with van der Waals surface area (Å²) in [5, 5.41) is 6.35. The minimum atomic E-state index is 0.170. The van der Waals surface area contributed by atoms with Gasteiger partial charge in [-0.15, -0.1) is 0 Å². The van der Waals surface area contributed by atoms with Crippen LogP contribution in [-0.4, -0.2) is 28.3 Å². The summed E-state index contributed by atoms with van der Waals surface area (Å²) in [7, 11) is 0. The van der Waals surface area contributed by atoms with Gasteiger partial charge in [-0.25, -0.2) is 9.97 Å². The highest BCUT2D eigenvalue weighted by Crippen LogP contribution is 2.11. The number of hydrogen-bond donors (Lipinski definition) is 2. The maximum Gasteiger partial charge on any atom is 0.131 e. The summed E-state index contributed by atoms with van der Waals surface area (Å²) in [6, 6.07) is 2.18. The lowest BCUT2D eigenvalue weighted by atomic mass is 10.3. The summed E-state index contributed by atoms with van der Waals surface area (Å²) in [6.45, 7) is 8.15. The Kier molecular flexibility index (Phi) is 4.87. The zero-order chi connectivity index (χ0) is 12.8. The molecule has 5 heteroatoms. The quantitative estimate of drug-likeness (QED) is 0.790. The Labute approximate surface area is 102 Å². The van der Waals surface area contributed by atoms with Crippen LogP contribution in [0.25, 0.3) is 0 Å². The van der Waals surface area contributed by atoms with Crippen molar-refractivity contribution in [2.75, 3.05) is 17.2 Å². The van der Waals surface area contributed by atoms with Crippen LogP contribution in [-0.2, 0) is 4.79 Å². The Bertz CT molecular complexity index is 390. The van der Waals surface area contributed by atoms with Gasteiger partial charge in [-0.3, -0.25) is 4.79 Å². The molecule has 0 spiro atoms. The molecule has 0 radical (unpaired) electrons. The summed E-state index contributed by atoms with van der Waals surface area (Å²) in [5.41, 5.74) is 0. The fraction of sp³-hybridized carbons (Fsp3) is 0.583. The van der Waals surface area contributed by atoms with E-state index >= 15 is 0 Å². The van der Waals surface area contributed by atoms with Crippen LogP contribution in [0.15, 0.2) is 6.07 Å². The van der Waals surface area contributed by atoms with Gasteiger partial charge in [0.2, 0.25) is 0 Å². The molecule has 0 saturated carbocycles. The van der Waals surface area contributed by atoms with Gasteiger partial charge < -0.3 is 10.6 Å². The van der Waals surface area contributed by atoms with Gasteiger partial charge in [-0.05, 0) is 27.7 Å². The lowest BCUT2D eigenvalue weighted by Gasteiger charge is -2.11. The van der Waals surface area contributed by atoms with E-state index in [4.69, 9.17) is 0 Å². The topological polar surface area (TPSA) is 66.9 Å². The van der Waals surface area contributed by atoms with Crippen LogP contribution < -0.4 is 10.6 Å². The SMILES string of the molecule is CC(=O)CCNc1cc(NC(C)C)nc(C)n1. The van der Waals surface area contributed by atoms with Crippen molar-refractivity contribution in [3.8, 4) is 0 Å². The van der Waals surface area contributed by atoms with Crippen molar-refractivity contribution in [1.82, 2.24) is 9.97 Å². The van der Waals surface area contributed by atoms with Crippen LogP contribution in [0.1, 0.15) is 33.0 Å². The molecule has 94 valence electrons. The van der Waals surface area contributed by atoms with Crippen LogP contribution in [0, 0.1) is 6.92 Å². The fourth-order valence-corrected chi connectivity index (χ4v) is 1.39. The number of Topliss-reactive ketones (excluding diaryl/α,β-unsaturated/α-hetero) is 1. The predicted molar refractivity (Wildman–Crippen MR) is 69.3 cm³/mol. The van der Waals surface area contributed by atoms with Gasteiger partial charge in [0.05, 0.1) is 0 Å². The number of nitrogens with zero attached hydrogens (tertiary/aromatic N) is 2. The van der Waals surface area contributed by atoms with E-state index in [2.05, 4.69) is 34.4 Å². The standard InChI is InChI=1S/C12H20N4O/c1-8(2)14-12-7-11(15-10(4)16-12)13-6-5-9(3)17/h7-8H,5-6H2,1-4H3,(H2,13,14,15,16). The van der Waals surface area contributed by atoms with Crippen molar-refractivity contribution >= 4 is 17.4 Å². The number of ketones is 1. The summed E-state index contributed by atoms with van der Waals surface area (Å²) in [4.78, 5) is 19.4. The molecule has 0 aliphatic rings. The molecule has 5 nitrogen and oxygen atoms in total. The molecule has 0 bridgehead atoms. The predicted octanol–water partition coefficient (Wildman–Crippen LogP) is 2.00. The lowest BCUT2D eigenvalue weighted by molar-refractivity contribution is -0.116. The van der Waals surface area contributed by atoms with Gasteiger partial charge in [0.1, 0.15) is 23.2 Å². The smallest absolute Gasteiger partial charge is 0.131 e. The molecule has 1 aromatic rings. The highest BCUT2D eigenvalue weighted by molar-refractivity contribution is 5.75. The van der Waals surface area contributed by atoms with Crippen molar-refractivity contribution < 1.29 is 4.79 Å². The number of nitrogens with one attached hydrogen (secondary N) is 2. The number of carbonyl (C=O) groups is 1. The zero-order valence-electron chi connectivity index (χ0n) is 10.9. The fourth-order valence-electron chi connectivity index (χ4n) is 1.39. The molecule has 0 saturated heterocycles. The highest BCUT2D eigenvalue weighted by Gasteiger charge is 2.03. The summed E-state index contributed by atoms with van der Waals surface area (Å²) >= 11 is 0. The van der Waals surface area contributed by atoms with Crippen molar-refractivity contribution in [2.45, 2.75) is 40.2 Å². The van der Waals surface area contributed by atoms with E-state index in [1.54, 1.807) is 6.92 Å². The van der Waals surface area contributed by atoms with Crippen LogP contribution in [0.3, 0.4) is 0 Å². The van der Waals surface area contributed by atoms with Crippen LogP contribution >= 0.6 is 0 Å². The number of anilines is 2. The molecule has 0 fully saturated rings. The normalized spacial score (nSPS) is 10.4. The lowest BCUT2D eigenvalue weighted by Crippen LogP contribution is -2.13. The molecule has 1 rings (SSSR count). The van der Waals surface area contributed by atoms with Crippen LogP contribution in [0.5, 0.6) is 0 Å². The van der Waals surface area contributed by atoms with E-state index in [1.807, 2.05) is 13.0 Å². The minimum absolute atomic E-state index is 0.170. The van der Waals surface area contributed by atoms with Crippen molar-refractivity contribution in [1.29, 1.82) is 0 Å². The molecule has 2 N–H and O–H groups in total. The third-order valence-electron chi connectivity index (χ3n) is 2.06. The van der Waals surface area contributed by atoms with Crippen molar-refractivity contribution in [3.05, 3.63) is 11.9 Å². The second-order valence-corrected chi connectivity index (χ2v) is 4.36. The summed E-state index contributed by atoms with van der Waals surface area (Å²) in [5.74, 6) is 2.43. The first kappa shape index (κ1) is 13.4. The van der Waals surface area contributed by atoms with Gasteiger partial charge in [-0.1, -0.05) is 0 Å². The number of aromatic nitrogens is 2. The third kappa shape index (κ3) is 5.29. The molecule has 0 atom stereocenters. The molecule has 0 amide bonds. The van der Waals surface area contributed by atoms with E-state index in [9.17, 15) is 4.79 Å². The molecule has 17 heavy (non-hydrogen) atoms. The highest BCUT2D eigenvalue weighted by atomic mass is 16.1. The second kappa shape index (κ2) is 6.18. The van der Waals surface area contributed by atoms with E-state index in [-0.39, 0.29) is 5.78 Å². The van der Waals surface area contributed by atoms with Gasteiger partial charge in [0.25, 0.3) is 0 Å². The van der Waals surface area contributed by atoms with Crippen molar-refractivity contribution in [3.63, 3.8) is 0 Å². The molecule has 0 aliphatic heterocycles. The summed E-state index contributed by atoms with van der Waals surface area (Å²) in [6.07, 6.45) is 0.510. The molecular formula is C12H20N4O. The molecule has 0 aliphatic carbocycles.